The molecule has 192 valence electrons. The van der Waals surface area contributed by atoms with E-state index < -0.39 is 16.1 Å². The van der Waals surface area contributed by atoms with Crippen LogP contribution in [0.5, 0.6) is 0 Å². The fourth-order valence-electron chi connectivity index (χ4n) is 4.18. The van der Waals surface area contributed by atoms with Gasteiger partial charge in [0.05, 0.1) is 11.9 Å². The zero-order valence-corrected chi connectivity index (χ0v) is 22.4. The number of anilines is 1. The Kier molecular flexibility index (Phi) is 10.8. The molecule has 1 atom stereocenters. The van der Waals surface area contributed by atoms with Gasteiger partial charge in [-0.1, -0.05) is 49.4 Å². The molecule has 0 bridgehead atoms. The van der Waals surface area contributed by atoms with E-state index in [-0.39, 0.29) is 24.8 Å². The second-order valence-electron chi connectivity index (χ2n) is 8.80. The number of carbonyl (C=O) groups is 2. The first kappa shape index (κ1) is 28.4. The number of rotatable bonds is 13. The first-order valence-electron chi connectivity index (χ1n) is 12.2. The Hall–Kier alpha value is -2.87. The van der Waals surface area contributed by atoms with Gasteiger partial charge in [-0.2, -0.15) is 0 Å². The van der Waals surface area contributed by atoms with Crippen molar-refractivity contribution in [2.24, 2.45) is 0 Å². The lowest BCUT2D eigenvalue weighted by molar-refractivity contribution is -0.140. The zero-order valence-electron chi connectivity index (χ0n) is 21.6. The maximum atomic E-state index is 13.3. The molecule has 8 heteroatoms. The summed E-state index contributed by atoms with van der Waals surface area (Å²) in [6.07, 6.45) is 2.84. The predicted molar refractivity (Wildman–Crippen MR) is 142 cm³/mol. The highest BCUT2D eigenvalue weighted by molar-refractivity contribution is 7.92. The Balaban J connectivity index is 2.17. The van der Waals surface area contributed by atoms with Crippen LogP contribution in [0.4, 0.5) is 5.69 Å². The van der Waals surface area contributed by atoms with Gasteiger partial charge in [-0.15, -0.1) is 0 Å². The van der Waals surface area contributed by atoms with Crippen molar-refractivity contribution in [1.82, 2.24) is 10.2 Å². The summed E-state index contributed by atoms with van der Waals surface area (Å²) in [5.41, 5.74) is 3.63. The molecule has 2 aromatic rings. The van der Waals surface area contributed by atoms with Gasteiger partial charge in [-0.25, -0.2) is 8.42 Å². The van der Waals surface area contributed by atoms with E-state index in [1.165, 1.54) is 10.6 Å². The molecular formula is C27H39N3O4S. The molecule has 1 N–H and O–H groups in total. The highest BCUT2D eigenvalue weighted by Crippen LogP contribution is 2.25. The third-order valence-electron chi connectivity index (χ3n) is 6.22. The molecule has 0 heterocycles. The molecule has 2 amide bonds. The first-order valence-corrected chi connectivity index (χ1v) is 14.1. The standard InChI is InChI=1S/C27H39N3O4S/c1-6-24(27(32)28-7-2)29(20-18-23-14-9-8-10-15-23)26(31)17-12-19-30(35(5,33)34)25-16-11-13-21(3)22(25)4/h8-11,13-16,24H,6-7,12,17-20H2,1-5H3,(H,28,32)/t24-/m1/s1. The zero-order chi connectivity index (χ0) is 26.0. The molecule has 0 spiro atoms. The van der Waals surface area contributed by atoms with Crippen molar-refractivity contribution in [1.29, 1.82) is 0 Å². The van der Waals surface area contributed by atoms with Gasteiger partial charge in [-0.05, 0) is 62.8 Å². The minimum atomic E-state index is -3.52. The van der Waals surface area contributed by atoms with Gasteiger partial charge >= 0.3 is 0 Å². The van der Waals surface area contributed by atoms with Crippen LogP contribution in [0.1, 0.15) is 49.8 Å². The van der Waals surface area contributed by atoms with Crippen LogP contribution in [-0.4, -0.2) is 57.1 Å². The first-order chi connectivity index (χ1) is 16.6. The quantitative estimate of drug-likeness (QED) is 0.452. The fourth-order valence-corrected chi connectivity index (χ4v) is 5.19. The van der Waals surface area contributed by atoms with Crippen LogP contribution >= 0.6 is 0 Å². The van der Waals surface area contributed by atoms with Crippen molar-refractivity contribution in [3.05, 3.63) is 65.2 Å². The summed E-state index contributed by atoms with van der Waals surface area (Å²) in [6, 6.07) is 14.9. The molecule has 2 aromatic carbocycles. The minimum absolute atomic E-state index is 0.145. The molecule has 35 heavy (non-hydrogen) atoms. The van der Waals surface area contributed by atoms with Crippen molar-refractivity contribution in [3.63, 3.8) is 0 Å². The maximum Gasteiger partial charge on any atom is 0.242 e. The summed E-state index contributed by atoms with van der Waals surface area (Å²) in [6.45, 7) is 8.71. The molecule has 7 nitrogen and oxygen atoms in total. The van der Waals surface area contributed by atoms with Crippen molar-refractivity contribution in [2.75, 3.05) is 30.2 Å². The number of hydrogen-bond donors (Lipinski definition) is 1. The number of nitrogens with one attached hydrogen (secondary N) is 1. The smallest absolute Gasteiger partial charge is 0.242 e. The molecule has 0 aliphatic heterocycles. The Labute approximate surface area is 210 Å². The Morgan fingerprint density at radius 3 is 2.26 bits per heavy atom. The summed E-state index contributed by atoms with van der Waals surface area (Å²) >= 11 is 0. The van der Waals surface area contributed by atoms with Crippen LogP contribution in [0.2, 0.25) is 0 Å². The Morgan fingerprint density at radius 2 is 1.66 bits per heavy atom. The van der Waals surface area contributed by atoms with Crippen molar-refractivity contribution >= 4 is 27.5 Å². The number of nitrogens with zero attached hydrogens (tertiary/aromatic N) is 2. The van der Waals surface area contributed by atoms with E-state index in [0.717, 1.165) is 16.7 Å². The van der Waals surface area contributed by atoms with Crippen LogP contribution in [-0.2, 0) is 26.0 Å². The lowest BCUT2D eigenvalue weighted by Crippen LogP contribution is -2.50. The third-order valence-corrected chi connectivity index (χ3v) is 7.40. The minimum Gasteiger partial charge on any atom is -0.355 e. The predicted octanol–water partition coefficient (Wildman–Crippen LogP) is 3.84. The second kappa shape index (κ2) is 13.3. The largest absolute Gasteiger partial charge is 0.355 e. The van der Waals surface area contributed by atoms with Crippen LogP contribution in [0, 0.1) is 13.8 Å². The van der Waals surface area contributed by atoms with E-state index in [1.54, 1.807) is 11.0 Å². The average Bonchev–Trinajstić information content (AvgIpc) is 2.81. The number of aryl methyl sites for hydroxylation is 1. The lowest BCUT2D eigenvalue weighted by Gasteiger charge is -2.31. The summed E-state index contributed by atoms with van der Waals surface area (Å²) < 4.78 is 26.5. The number of benzene rings is 2. The lowest BCUT2D eigenvalue weighted by atomic mass is 10.1. The Bertz CT molecular complexity index is 1090. The molecule has 0 fully saturated rings. The molecular weight excluding hydrogens is 462 g/mol. The molecule has 0 aliphatic carbocycles. The normalized spacial score (nSPS) is 12.1. The summed E-state index contributed by atoms with van der Waals surface area (Å²) in [5.74, 6) is -0.307. The van der Waals surface area contributed by atoms with Gasteiger partial charge in [0.2, 0.25) is 21.8 Å². The van der Waals surface area contributed by atoms with Crippen molar-refractivity contribution in [3.8, 4) is 0 Å². The molecule has 0 saturated heterocycles. The van der Waals surface area contributed by atoms with Crippen LogP contribution in [0.15, 0.2) is 48.5 Å². The fraction of sp³-hybridized carbons (Fsp3) is 0.481. The van der Waals surface area contributed by atoms with Gasteiger partial charge < -0.3 is 10.2 Å². The molecule has 0 aromatic heterocycles. The van der Waals surface area contributed by atoms with Crippen molar-refractivity contribution in [2.45, 2.75) is 59.4 Å². The number of carbonyl (C=O) groups excluding carboxylic acids is 2. The SMILES string of the molecule is CCNC(=O)[C@@H](CC)N(CCc1ccccc1)C(=O)CCCN(c1cccc(C)c1C)S(C)(=O)=O. The summed E-state index contributed by atoms with van der Waals surface area (Å²) in [7, 11) is -3.52. The average molecular weight is 502 g/mol. The van der Waals surface area contributed by atoms with Gasteiger partial charge in [0.15, 0.2) is 0 Å². The number of sulfonamides is 1. The van der Waals surface area contributed by atoms with Gasteiger partial charge in [0.25, 0.3) is 0 Å². The van der Waals surface area contributed by atoms with E-state index in [2.05, 4.69) is 5.32 Å². The maximum absolute atomic E-state index is 13.3. The molecule has 0 unspecified atom stereocenters. The van der Waals surface area contributed by atoms with Gasteiger partial charge in [0.1, 0.15) is 6.04 Å². The summed E-state index contributed by atoms with van der Waals surface area (Å²) in [5, 5.41) is 2.84. The monoisotopic (exact) mass is 501 g/mol. The number of hydrogen-bond acceptors (Lipinski definition) is 4. The van der Waals surface area contributed by atoms with E-state index in [0.29, 0.717) is 38.0 Å². The van der Waals surface area contributed by atoms with E-state index in [1.807, 2.05) is 70.2 Å². The van der Waals surface area contributed by atoms with Gasteiger partial charge in [-0.3, -0.25) is 13.9 Å². The highest BCUT2D eigenvalue weighted by atomic mass is 32.2. The van der Waals surface area contributed by atoms with E-state index >= 15 is 0 Å². The van der Waals surface area contributed by atoms with Crippen LogP contribution < -0.4 is 9.62 Å². The highest BCUT2D eigenvalue weighted by Gasteiger charge is 2.28. The van der Waals surface area contributed by atoms with Crippen molar-refractivity contribution < 1.29 is 18.0 Å². The van der Waals surface area contributed by atoms with E-state index in [4.69, 9.17) is 0 Å². The third kappa shape index (κ3) is 8.09. The Morgan fingerprint density at radius 1 is 0.971 bits per heavy atom. The molecule has 0 radical (unpaired) electrons. The second-order valence-corrected chi connectivity index (χ2v) is 10.7. The molecule has 2 rings (SSSR count). The van der Waals surface area contributed by atoms with E-state index in [9.17, 15) is 18.0 Å². The summed E-state index contributed by atoms with van der Waals surface area (Å²) in [4.78, 5) is 27.7. The number of amides is 2. The topological polar surface area (TPSA) is 86.8 Å². The van der Waals surface area contributed by atoms with Crippen LogP contribution in [0.25, 0.3) is 0 Å². The van der Waals surface area contributed by atoms with Gasteiger partial charge in [0, 0.05) is 26.1 Å². The number of likely N-dealkylation sites (N-methyl/N-ethyl adjacent to an activating group) is 1. The molecule has 0 aliphatic rings. The molecule has 0 saturated carbocycles. The van der Waals surface area contributed by atoms with Crippen LogP contribution in [0.3, 0.4) is 0 Å².